The Morgan fingerprint density at radius 3 is 1.52 bits per heavy atom. The van der Waals surface area contributed by atoms with Crippen molar-refractivity contribution in [2.24, 2.45) is 0 Å². The molecular formula is C51H31N3S2. The maximum atomic E-state index is 5.14. The van der Waals surface area contributed by atoms with Crippen molar-refractivity contribution in [2.75, 3.05) is 0 Å². The van der Waals surface area contributed by atoms with Crippen LogP contribution in [0.15, 0.2) is 188 Å². The van der Waals surface area contributed by atoms with Crippen LogP contribution < -0.4 is 0 Å². The number of benzene rings is 8. The van der Waals surface area contributed by atoms with Crippen LogP contribution in [0, 0.1) is 0 Å². The summed E-state index contributed by atoms with van der Waals surface area (Å²) in [4.78, 5) is 15.2. The van der Waals surface area contributed by atoms with Crippen molar-refractivity contribution < 1.29 is 0 Å². The molecule has 0 amide bonds. The van der Waals surface area contributed by atoms with Crippen LogP contribution in [0.4, 0.5) is 0 Å². The number of nitrogens with zero attached hydrogens (tertiary/aromatic N) is 3. The van der Waals surface area contributed by atoms with Crippen molar-refractivity contribution in [3.8, 4) is 67.5 Å². The highest BCUT2D eigenvalue weighted by molar-refractivity contribution is 7.27. The van der Waals surface area contributed by atoms with Gasteiger partial charge in [-0.1, -0.05) is 158 Å². The zero-order valence-electron chi connectivity index (χ0n) is 30.1. The first-order valence-electron chi connectivity index (χ1n) is 18.7. The number of thiophene rings is 2. The Morgan fingerprint density at radius 2 is 0.786 bits per heavy atom. The minimum atomic E-state index is 0.659. The van der Waals surface area contributed by atoms with Gasteiger partial charge in [0.05, 0.1) is 0 Å². The zero-order valence-corrected chi connectivity index (χ0v) is 31.7. The predicted molar refractivity (Wildman–Crippen MR) is 238 cm³/mol. The van der Waals surface area contributed by atoms with Gasteiger partial charge in [0.2, 0.25) is 0 Å². The smallest absolute Gasteiger partial charge is 0.164 e. The third-order valence-corrected chi connectivity index (χ3v) is 13.0. The topological polar surface area (TPSA) is 38.7 Å². The summed E-state index contributed by atoms with van der Waals surface area (Å²) in [5, 5.41) is 4.94. The normalized spacial score (nSPS) is 11.6. The molecule has 11 aromatic rings. The number of aromatic nitrogens is 3. The van der Waals surface area contributed by atoms with Gasteiger partial charge >= 0.3 is 0 Å². The van der Waals surface area contributed by atoms with Crippen LogP contribution in [-0.4, -0.2) is 15.0 Å². The molecule has 0 aliphatic carbocycles. The van der Waals surface area contributed by atoms with E-state index in [2.05, 4.69) is 152 Å². The fourth-order valence-electron chi connectivity index (χ4n) is 7.88. The third-order valence-electron chi connectivity index (χ3n) is 10.5. The highest BCUT2D eigenvalue weighted by Gasteiger charge is 2.21. The van der Waals surface area contributed by atoms with E-state index in [1.165, 1.54) is 68.3 Å². The quantitative estimate of drug-likeness (QED) is 0.170. The molecule has 0 unspecified atom stereocenters. The molecule has 0 aliphatic heterocycles. The monoisotopic (exact) mass is 749 g/mol. The van der Waals surface area contributed by atoms with Crippen molar-refractivity contribution in [1.82, 2.24) is 15.0 Å². The molecule has 0 saturated heterocycles. The molecule has 8 aromatic carbocycles. The predicted octanol–water partition coefficient (Wildman–Crippen LogP) is 14.6. The Balaban J connectivity index is 1.14. The molecule has 0 saturated carbocycles. The standard InChI is InChI=1S/C51H31N3S2/c1-4-15-32(16-5-1)35-21-12-22-36(29-35)37-30-42-38-23-10-11-27-44(38)55-48(42)43(31-37)39-24-13-25-40-46-41(26-14-28-45(46)56-47(39)40)51-53-49(33-17-6-2-7-18-33)52-50(54-51)34-19-8-3-9-20-34/h1-31H. The van der Waals surface area contributed by atoms with E-state index in [0.717, 1.165) is 22.1 Å². The van der Waals surface area contributed by atoms with E-state index < -0.39 is 0 Å². The van der Waals surface area contributed by atoms with Gasteiger partial charge < -0.3 is 0 Å². The van der Waals surface area contributed by atoms with E-state index in [4.69, 9.17) is 15.0 Å². The Labute approximate surface area is 331 Å². The molecule has 3 nitrogen and oxygen atoms in total. The largest absolute Gasteiger partial charge is 0.208 e. The van der Waals surface area contributed by atoms with Gasteiger partial charge in [-0.15, -0.1) is 22.7 Å². The van der Waals surface area contributed by atoms with Gasteiger partial charge in [-0.05, 0) is 52.6 Å². The molecule has 56 heavy (non-hydrogen) atoms. The Hall–Kier alpha value is -6.79. The fourth-order valence-corrected chi connectivity index (χ4v) is 10.3. The molecule has 0 radical (unpaired) electrons. The average molecular weight is 750 g/mol. The van der Waals surface area contributed by atoms with Gasteiger partial charge in [0.1, 0.15) is 0 Å². The molecule has 262 valence electrons. The second-order valence-corrected chi connectivity index (χ2v) is 16.1. The lowest BCUT2D eigenvalue weighted by Gasteiger charge is -2.12. The molecule has 3 heterocycles. The molecule has 0 aliphatic rings. The summed E-state index contributed by atoms with van der Waals surface area (Å²) in [5.41, 5.74) is 10.2. The number of hydrogen-bond donors (Lipinski definition) is 0. The van der Waals surface area contributed by atoms with Crippen molar-refractivity contribution in [3.05, 3.63) is 188 Å². The SMILES string of the molecule is c1ccc(-c2cccc(-c3cc(-c4cccc5c4sc4cccc(-c6nc(-c7ccccc7)nc(-c7ccccc7)n6)c45)c4sc5ccccc5c4c3)c2)cc1. The van der Waals surface area contributed by atoms with E-state index in [1.807, 2.05) is 59.1 Å². The van der Waals surface area contributed by atoms with Crippen LogP contribution >= 0.6 is 22.7 Å². The summed E-state index contributed by atoms with van der Waals surface area (Å²) < 4.78 is 5.05. The first-order valence-corrected chi connectivity index (χ1v) is 20.3. The lowest BCUT2D eigenvalue weighted by atomic mass is 9.93. The van der Waals surface area contributed by atoms with E-state index >= 15 is 0 Å². The highest BCUT2D eigenvalue weighted by Crippen LogP contribution is 2.48. The van der Waals surface area contributed by atoms with Crippen molar-refractivity contribution in [3.63, 3.8) is 0 Å². The summed E-state index contributed by atoms with van der Waals surface area (Å²) >= 11 is 3.72. The fraction of sp³-hybridized carbons (Fsp3) is 0. The summed E-state index contributed by atoms with van der Waals surface area (Å²) in [6.45, 7) is 0. The van der Waals surface area contributed by atoms with Gasteiger partial charge in [0.15, 0.2) is 17.5 Å². The summed E-state index contributed by atoms with van der Waals surface area (Å²) in [6, 6.07) is 66.8. The molecule has 0 spiro atoms. The lowest BCUT2D eigenvalue weighted by Crippen LogP contribution is -2.00. The minimum Gasteiger partial charge on any atom is -0.208 e. The maximum absolute atomic E-state index is 5.14. The summed E-state index contributed by atoms with van der Waals surface area (Å²) in [7, 11) is 0. The van der Waals surface area contributed by atoms with Crippen LogP contribution in [0.3, 0.4) is 0 Å². The Kier molecular flexibility index (Phi) is 7.87. The number of fused-ring (bicyclic) bond motifs is 6. The van der Waals surface area contributed by atoms with Crippen molar-refractivity contribution >= 4 is 63.0 Å². The third kappa shape index (κ3) is 5.60. The Morgan fingerprint density at radius 1 is 0.286 bits per heavy atom. The lowest BCUT2D eigenvalue weighted by molar-refractivity contribution is 1.08. The summed E-state index contributed by atoms with van der Waals surface area (Å²) in [5.74, 6) is 1.99. The first-order chi connectivity index (χ1) is 27.7. The van der Waals surface area contributed by atoms with Crippen molar-refractivity contribution in [1.29, 1.82) is 0 Å². The van der Waals surface area contributed by atoms with Crippen LogP contribution in [0.25, 0.3) is 108 Å². The first kappa shape index (κ1) is 32.6. The zero-order chi connectivity index (χ0) is 37.0. The van der Waals surface area contributed by atoms with E-state index in [0.29, 0.717) is 17.5 Å². The van der Waals surface area contributed by atoms with Crippen molar-refractivity contribution in [2.45, 2.75) is 0 Å². The number of hydrogen-bond acceptors (Lipinski definition) is 5. The average Bonchev–Trinajstić information content (AvgIpc) is 3.86. The minimum absolute atomic E-state index is 0.659. The second-order valence-electron chi connectivity index (χ2n) is 13.9. The van der Waals surface area contributed by atoms with Gasteiger partial charge in [0.25, 0.3) is 0 Å². The molecule has 0 bridgehead atoms. The molecule has 5 heteroatoms. The summed E-state index contributed by atoms with van der Waals surface area (Å²) in [6.07, 6.45) is 0. The molecular weight excluding hydrogens is 719 g/mol. The van der Waals surface area contributed by atoms with Gasteiger partial charge in [-0.2, -0.15) is 0 Å². The highest BCUT2D eigenvalue weighted by atomic mass is 32.1. The molecule has 11 rings (SSSR count). The van der Waals surface area contributed by atoms with Gasteiger partial charge in [-0.3, -0.25) is 0 Å². The number of rotatable bonds is 6. The van der Waals surface area contributed by atoms with Crippen LogP contribution in [0.2, 0.25) is 0 Å². The van der Waals surface area contributed by atoms with E-state index in [-0.39, 0.29) is 0 Å². The van der Waals surface area contributed by atoms with E-state index in [9.17, 15) is 0 Å². The molecule has 0 atom stereocenters. The van der Waals surface area contributed by atoms with Crippen LogP contribution in [0.5, 0.6) is 0 Å². The second kappa shape index (κ2) is 13.5. The molecule has 3 aromatic heterocycles. The van der Waals surface area contributed by atoms with Crippen LogP contribution in [0.1, 0.15) is 0 Å². The van der Waals surface area contributed by atoms with Gasteiger partial charge in [0, 0.05) is 68.2 Å². The van der Waals surface area contributed by atoms with Crippen LogP contribution in [-0.2, 0) is 0 Å². The molecule has 0 fully saturated rings. The van der Waals surface area contributed by atoms with E-state index in [1.54, 1.807) is 0 Å². The molecule has 0 N–H and O–H groups in total. The van der Waals surface area contributed by atoms with Gasteiger partial charge in [-0.25, -0.2) is 15.0 Å². The Bertz CT molecular complexity index is 3180. The maximum Gasteiger partial charge on any atom is 0.164 e.